The predicted molar refractivity (Wildman–Crippen MR) is 232 cm³/mol. The number of likely N-dealkylation sites (tertiary alicyclic amines) is 2. The van der Waals surface area contributed by atoms with E-state index in [1.165, 1.54) is 14.2 Å². The third kappa shape index (κ3) is 7.79. The molecule has 16 nitrogen and oxygen atoms in total. The average Bonchev–Trinajstić information content (AvgIpc) is 4.12. The van der Waals surface area contributed by atoms with Crippen molar-refractivity contribution in [1.82, 2.24) is 40.4 Å². The lowest BCUT2D eigenvalue weighted by atomic mass is 9.87. The monoisotopic (exact) mass is 896 g/mol. The van der Waals surface area contributed by atoms with Crippen LogP contribution < -0.4 is 20.1 Å². The molecule has 4 amide bonds. The lowest BCUT2D eigenvalue weighted by Crippen LogP contribution is -2.51. The number of aromatic nitrogens is 4. The number of ether oxygens (including phenoxy) is 4. The van der Waals surface area contributed by atoms with Gasteiger partial charge in [-0.15, -0.1) is 0 Å². The summed E-state index contributed by atoms with van der Waals surface area (Å²) in [4.78, 5) is 72.1. The molecular formula is C45H46Cl2N8O8. The van der Waals surface area contributed by atoms with E-state index in [0.29, 0.717) is 76.3 Å². The van der Waals surface area contributed by atoms with Crippen molar-refractivity contribution in [3.63, 3.8) is 0 Å². The van der Waals surface area contributed by atoms with E-state index < -0.39 is 30.3 Å². The molecule has 2 aromatic heterocycles. The Bertz CT molecular complexity index is 2560. The van der Waals surface area contributed by atoms with Gasteiger partial charge >= 0.3 is 12.2 Å². The molecule has 4 atom stereocenters. The van der Waals surface area contributed by atoms with E-state index in [0.717, 1.165) is 46.2 Å². The van der Waals surface area contributed by atoms with Crippen LogP contribution >= 0.6 is 23.2 Å². The van der Waals surface area contributed by atoms with E-state index in [1.807, 2.05) is 56.3 Å². The minimum absolute atomic E-state index is 0.165. The quantitative estimate of drug-likeness (QED) is 0.107. The Kier molecular flexibility index (Phi) is 11.4. The SMILES string of the molecule is COC(=O)NC(C(=O)N1CCC[C@H]1c1nc(-c2cc3c4c(c2)OCc2cc(-c5nc([C@@H]6CCCN6C(=O)[C@H](NC(=O)OC)c6ccccc6)[nH]c5Cl)cc(c2-4)OC3)c(Cl)[nH]1)C(C)C. The lowest BCUT2D eigenvalue weighted by molar-refractivity contribution is -0.135. The number of methoxy groups -OCH3 is 2. The number of carbonyl (C=O) groups is 4. The molecule has 4 N–H and O–H groups in total. The summed E-state index contributed by atoms with van der Waals surface area (Å²) in [6.45, 7) is 5.24. The van der Waals surface area contributed by atoms with Crippen molar-refractivity contribution in [3.8, 4) is 45.1 Å². The molecule has 9 rings (SSSR count). The maximum absolute atomic E-state index is 14.1. The van der Waals surface area contributed by atoms with Crippen molar-refractivity contribution in [2.45, 2.75) is 76.9 Å². The number of hydrogen-bond donors (Lipinski definition) is 4. The number of halogens is 2. The summed E-state index contributed by atoms with van der Waals surface area (Å²) in [6, 6.07) is 14.4. The molecule has 6 heterocycles. The second-order valence-electron chi connectivity index (χ2n) is 16.4. The molecule has 328 valence electrons. The van der Waals surface area contributed by atoms with Crippen molar-refractivity contribution in [2.75, 3.05) is 27.3 Å². The molecule has 18 heteroatoms. The highest BCUT2D eigenvalue weighted by molar-refractivity contribution is 6.32. The predicted octanol–water partition coefficient (Wildman–Crippen LogP) is 8.03. The van der Waals surface area contributed by atoms with Gasteiger partial charge in [0.2, 0.25) is 5.91 Å². The van der Waals surface area contributed by atoms with Crippen LogP contribution in [0.2, 0.25) is 10.3 Å². The van der Waals surface area contributed by atoms with Crippen LogP contribution in [0.1, 0.15) is 86.0 Å². The number of rotatable bonds is 10. The second kappa shape index (κ2) is 17.1. The Morgan fingerprint density at radius 1 is 0.730 bits per heavy atom. The van der Waals surface area contributed by atoms with Crippen LogP contribution in [-0.4, -0.2) is 87.1 Å². The highest BCUT2D eigenvalue weighted by Gasteiger charge is 2.40. The molecular weight excluding hydrogens is 851 g/mol. The normalized spacial score (nSPS) is 18.3. The van der Waals surface area contributed by atoms with E-state index in [1.54, 1.807) is 21.9 Å². The van der Waals surface area contributed by atoms with Crippen LogP contribution in [0.25, 0.3) is 33.6 Å². The first kappa shape index (κ1) is 42.1. The fourth-order valence-electron chi connectivity index (χ4n) is 9.17. The van der Waals surface area contributed by atoms with Gasteiger partial charge in [-0.1, -0.05) is 67.4 Å². The Hall–Kier alpha value is -6.26. The van der Waals surface area contributed by atoms with Crippen molar-refractivity contribution in [2.24, 2.45) is 5.92 Å². The molecule has 0 spiro atoms. The van der Waals surface area contributed by atoms with Crippen LogP contribution in [0.15, 0.2) is 54.6 Å². The van der Waals surface area contributed by atoms with Crippen molar-refractivity contribution in [1.29, 1.82) is 0 Å². The van der Waals surface area contributed by atoms with Crippen molar-refractivity contribution >= 4 is 47.2 Å². The highest BCUT2D eigenvalue weighted by Crippen LogP contribution is 2.52. The maximum atomic E-state index is 14.1. The summed E-state index contributed by atoms with van der Waals surface area (Å²) in [7, 11) is 2.53. The van der Waals surface area contributed by atoms with E-state index in [2.05, 4.69) is 20.6 Å². The van der Waals surface area contributed by atoms with Gasteiger partial charge in [0.05, 0.1) is 26.3 Å². The van der Waals surface area contributed by atoms with E-state index in [4.69, 9.17) is 52.1 Å². The number of aromatic amines is 2. The number of alkyl carbamates (subject to hydrolysis) is 2. The molecule has 0 saturated carbocycles. The molecule has 0 aliphatic carbocycles. The van der Waals surface area contributed by atoms with Crippen LogP contribution in [0, 0.1) is 5.92 Å². The molecule has 3 aromatic carbocycles. The summed E-state index contributed by atoms with van der Waals surface area (Å²) in [6.07, 6.45) is 1.48. The summed E-state index contributed by atoms with van der Waals surface area (Å²) >= 11 is 13.7. The van der Waals surface area contributed by atoms with E-state index in [-0.39, 0.29) is 37.0 Å². The molecule has 0 bridgehead atoms. The van der Waals surface area contributed by atoms with Crippen molar-refractivity contribution in [3.05, 3.63) is 93.2 Å². The topological polar surface area (TPSA) is 193 Å². The number of hydrogen-bond acceptors (Lipinski definition) is 10. The van der Waals surface area contributed by atoms with Gasteiger partial charge in [0, 0.05) is 46.5 Å². The Balaban J connectivity index is 0.970. The van der Waals surface area contributed by atoms with Crippen molar-refractivity contribution < 1.29 is 38.1 Å². The first-order valence-corrected chi connectivity index (χ1v) is 21.7. The summed E-state index contributed by atoms with van der Waals surface area (Å²) in [5.41, 5.74) is 6.78. The number of H-pyrrole nitrogens is 2. The molecule has 4 aliphatic heterocycles. The van der Waals surface area contributed by atoms with Gasteiger partial charge in [0.15, 0.2) is 0 Å². The third-order valence-corrected chi connectivity index (χ3v) is 12.8. The first-order chi connectivity index (χ1) is 30.4. The molecule has 1 unspecified atom stereocenters. The van der Waals surface area contributed by atoms with Crippen LogP contribution in [0.5, 0.6) is 11.5 Å². The standard InChI is InChI=1S/C45H46Cl2N8O8/c1-22(2)34(50-44(58)60-3)42(56)54-14-8-12-28(54)40-48-35(38(46)52-40)24-16-26-20-63-31-19-25(17-27-21-62-30(18-24)32(26)33(27)31)36-39(47)53-41(49-36)29-13-9-15-55(29)43(57)37(51-45(59)61-4)23-10-6-5-7-11-23/h5-7,10-11,16-19,22,28-29,34,37H,8-9,12-15,20-21H2,1-4H3,(H,48,52)(H,49,53)(H,50,58)(H,51,59)/t28-,29-,34?,37+/m0/s1. The van der Waals surface area contributed by atoms with Gasteiger partial charge in [-0.2, -0.15) is 0 Å². The Morgan fingerprint density at radius 3 is 1.71 bits per heavy atom. The molecule has 0 radical (unpaired) electrons. The van der Waals surface area contributed by atoms with Gasteiger partial charge < -0.3 is 49.3 Å². The van der Waals surface area contributed by atoms with Crippen LogP contribution in [0.3, 0.4) is 0 Å². The van der Waals surface area contributed by atoms with Gasteiger partial charge in [0.25, 0.3) is 5.91 Å². The maximum Gasteiger partial charge on any atom is 0.407 e. The summed E-state index contributed by atoms with van der Waals surface area (Å²) in [5.74, 6) is 1.78. The van der Waals surface area contributed by atoms with Gasteiger partial charge in [-0.3, -0.25) is 9.59 Å². The lowest BCUT2D eigenvalue weighted by Gasteiger charge is -2.30. The zero-order valence-electron chi connectivity index (χ0n) is 35.1. The smallest absolute Gasteiger partial charge is 0.407 e. The minimum Gasteiger partial charge on any atom is -0.488 e. The zero-order valence-corrected chi connectivity index (χ0v) is 36.6. The molecule has 4 aliphatic rings. The summed E-state index contributed by atoms with van der Waals surface area (Å²) in [5, 5.41) is 6.03. The molecule has 5 aromatic rings. The number of nitrogens with zero attached hydrogens (tertiary/aromatic N) is 4. The number of carbonyl (C=O) groups excluding carboxylic acids is 4. The first-order valence-electron chi connectivity index (χ1n) is 20.9. The number of nitrogens with one attached hydrogen (secondary N) is 4. The Morgan fingerprint density at radius 2 is 1.22 bits per heavy atom. The largest absolute Gasteiger partial charge is 0.488 e. The van der Waals surface area contributed by atoms with Crippen LogP contribution in [-0.2, 0) is 32.3 Å². The molecule has 2 fully saturated rings. The fourth-order valence-corrected chi connectivity index (χ4v) is 9.67. The molecule has 2 saturated heterocycles. The fraction of sp³-hybridized carbons (Fsp3) is 0.378. The van der Waals surface area contributed by atoms with Gasteiger partial charge in [0.1, 0.15) is 70.1 Å². The third-order valence-electron chi connectivity index (χ3n) is 12.2. The molecule has 63 heavy (non-hydrogen) atoms. The van der Waals surface area contributed by atoms with E-state index in [9.17, 15) is 19.2 Å². The van der Waals surface area contributed by atoms with Gasteiger partial charge in [-0.05, 0) is 61.4 Å². The zero-order chi connectivity index (χ0) is 44.1. The number of benzene rings is 3. The number of amides is 4. The minimum atomic E-state index is -0.949. The van der Waals surface area contributed by atoms with E-state index >= 15 is 0 Å². The summed E-state index contributed by atoms with van der Waals surface area (Å²) < 4.78 is 22.5. The number of imidazole rings is 2. The van der Waals surface area contributed by atoms with Gasteiger partial charge in [-0.25, -0.2) is 19.6 Å². The van der Waals surface area contributed by atoms with Crippen LogP contribution in [0.4, 0.5) is 9.59 Å². The highest BCUT2D eigenvalue weighted by atomic mass is 35.5. The Labute approximate surface area is 372 Å². The average molecular weight is 898 g/mol. The second-order valence-corrected chi connectivity index (χ2v) is 17.1.